The maximum absolute atomic E-state index is 13.0. The Labute approximate surface area is 115 Å². The van der Waals surface area contributed by atoms with Gasteiger partial charge in [-0.3, -0.25) is 4.79 Å². The van der Waals surface area contributed by atoms with E-state index >= 15 is 0 Å². The van der Waals surface area contributed by atoms with Gasteiger partial charge < -0.3 is 5.32 Å². The number of benzene rings is 1. The van der Waals surface area contributed by atoms with Crippen LogP contribution in [0.15, 0.2) is 42.7 Å². The first-order chi connectivity index (χ1) is 9.54. The molecule has 1 aromatic heterocycles. The van der Waals surface area contributed by atoms with Gasteiger partial charge in [0.15, 0.2) is 30.6 Å². The number of pyridine rings is 1. The van der Waals surface area contributed by atoms with Crippen molar-refractivity contribution in [2.45, 2.75) is 19.9 Å². The van der Waals surface area contributed by atoms with E-state index in [0.29, 0.717) is 6.54 Å². The van der Waals surface area contributed by atoms with Crippen LogP contribution >= 0.6 is 0 Å². The minimum atomic E-state index is -0.976. The summed E-state index contributed by atoms with van der Waals surface area (Å²) in [7, 11) is 0. The highest BCUT2D eigenvalue weighted by Gasteiger charge is 2.08. The zero-order valence-corrected chi connectivity index (χ0v) is 11.1. The third-order valence-corrected chi connectivity index (χ3v) is 2.86. The highest BCUT2D eigenvalue weighted by atomic mass is 19.2. The Morgan fingerprint density at radius 2 is 1.85 bits per heavy atom. The molecule has 1 aromatic carbocycles. The van der Waals surface area contributed by atoms with Gasteiger partial charge in [-0.1, -0.05) is 0 Å². The van der Waals surface area contributed by atoms with E-state index in [2.05, 4.69) is 5.32 Å². The molecule has 0 saturated heterocycles. The lowest BCUT2D eigenvalue weighted by Crippen LogP contribution is -2.34. The summed E-state index contributed by atoms with van der Waals surface area (Å²) >= 11 is 0. The summed E-state index contributed by atoms with van der Waals surface area (Å²) in [6.45, 7) is 2.51. The van der Waals surface area contributed by atoms with Crippen molar-refractivity contribution in [3.8, 4) is 0 Å². The Kier molecular flexibility index (Phi) is 4.40. The molecule has 0 unspecified atom stereocenters. The number of nitrogens with one attached hydrogen (secondary N) is 1. The molecule has 0 saturated carbocycles. The van der Waals surface area contributed by atoms with Gasteiger partial charge in [0.2, 0.25) is 5.91 Å². The number of hydrogen-bond donors (Lipinski definition) is 1. The predicted molar refractivity (Wildman–Crippen MR) is 71.0 cm³/mol. The summed E-state index contributed by atoms with van der Waals surface area (Å²) in [4.78, 5) is 11.7. The largest absolute Gasteiger partial charge is 0.326 e. The average Bonchev–Trinajstić information content (AvgIpc) is 2.42. The molecule has 2 rings (SSSR count). The number of hydrogen-bond acceptors (Lipinski definition) is 1. The Hall–Kier alpha value is -2.30. The van der Waals surface area contributed by atoms with Crippen molar-refractivity contribution >= 4 is 11.6 Å². The summed E-state index contributed by atoms with van der Waals surface area (Å²) in [5.74, 6) is -2.15. The molecular weight excluding hydrogens is 262 g/mol. The van der Waals surface area contributed by atoms with E-state index in [9.17, 15) is 13.6 Å². The van der Waals surface area contributed by atoms with Crippen molar-refractivity contribution in [3.63, 3.8) is 0 Å². The van der Waals surface area contributed by atoms with Crippen molar-refractivity contribution in [1.29, 1.82) is 0 Å². The zero-order chi connectivity index (χ0) is 14.5. The highest BCUT2D eigenvalue weighted by molar-refractivity contribution is 5.90. The number of carbonyl (C=O) groups excluding carboxylic acids is 1. The number of amides is 1. The van der Waals surface area contributed by atoms with Gasteiger partial charge in [0.1, 0.15) is 0 Å². The smallest absolute Gasteiger partial charge is 0.230 e. The summed E-state index contributed by atoms with van der Waals surface area (Å²) in [5, 5.41) is 2.53. The van der Waals surface area contributed by atoms with E-state index in [1.54, 1.807) is 0 Å². The second-order valence-electron chi connectivity index (χ2n) is 4.54. The number of halogens is 2. The number of aromatic nitrogens is 1. The van der Waals surface area contributed by atoms with E-state index in [1.807, 2.05) is 36.0 Å². The van der Waals surface area contributed by atoms with E-state index < -0.39 is 11.6 Å². The number of rotatable bonds is 4. The van der Waals surface area contributed by atoms with Crippen LogP contribution in [0.4, 0.5) is 14.5 Å². The Morgan fingerprint density at radius 1 is 1.15 bits per heavy atom. The molecule has 1 amide bonds. The Morgan fingerprint density at radius 3 is 2.50 bits per heavy atom. The number of nitrogens with zero attached hydrogens (tertiary/aromatic N) is 1. The molecule has 3 nitrogen and oxygen atoms in total. The second kappa shape index (κ2) is 6.23. The lowest BCUT2D eigenvalue weighted by molar-refractivity contribution is -0.695. The number of anilines is 1. The van der Waals surface area contributed by atoms with Crippen molar-refractivity contribution < 1.29 is 18.1 Å². The lowest BCUT2D eigenvalue weighted by atomic mass is 10.2. The van der Waals surface area contributed by atoms with Crippen LogP contribution in [-0.2, 0) is 11.3 Å². The SMILES string of the molecule is Cc1cc[n+](CCC(=O)Nc2ccc(F)c(F)c2)cc1. The van der Waals surface area contributed by atoms with Crippen LogP contribution in [-0.4, -0.2) is 5.91 Å². The molecule has 0 aliphatic heterocycles. The van der Waals surface area contributed by atoms with Crippen LogP contribution in [0.2, 0.25) is 0 Å². The summed E-state index contributed by atoms with van der Waals surface area (Å²) < 4.78 is 27.6. The second-order valence-corrected chi connectivity index (χ2v) is 4.54. The predicted octanol–water partition coefficient (Wildman–Crippen LogP) is 2.59. The van der Waals surface area contributed by atoms with Gasteiger partial charge in [0.25, 0.3) is 0 Å². The molecule has 20 heavy (non-hydrogen) atoms. The normalized spacial score (nSPS) is 10.3. The van der Waals surface area contributed by atoms with Crippen molar-refractivity contribution in [2.75, 3.05) is 5.32 Å². The monoisotopic (exact) mass is 277 g/mol. The summed E-state index contributed by atoms with van der Waals surface area (Å²) in [6.07, 6.45) is 4.03. The molecule has 0 aliphatic rings. The first kappa shape index (κ1) is 14.1. The molecule has 0 aliphatic carbocycles. The topological polar surface area (TPSA) is 33.0 Å². The first-order valence-electron chi connectivity index (χ1n) is 6.25. The lowest BCUT2D eigenvalue weighted by Gasteiger charge is -2.04. The van der Waals surface area contributed by atoms with Crippen LogP contribution in [0, 0.1) is 18.6 Å². The molecule has 0 bridgehead atoms. The zero-order valence-electron chi connectivity index (χ0n) is 11.1. The molecule has 5 heteroatoms. The minimum absolute atomic E-state index is 0.246. The molecular formula is C15H15F2N2O+. The fourth-order valence-electron chi connectivity index (χ4n) is 1.71. The van der Waals surface area contributed by atoms with Crippen LogP contribution in [0.1, 0.15) is 12.0 Å². The van der Waals surface area contributed by atoms with Gasteiger partial charge in [-0.05, 0) is 24.6 Å². The van der Waals surface area contributed by atoms with Crippen molar-refractivity contribution in [2.24, 2.45) is 0 Å². The molecule has 0 spiro atoms. The number of carbonyl (C=O) groups is 1. The van der Waals surface area contributed by atoms with Crippen molar-refractivity contribution in [1.82, 2.24) is 0 Å². The Balaban J connectivity index is 1.89. The first-order valence-corrected chi connectivity index (χ1v) is 6.25. The van der Waals surface area contributed by atoms with E-state index in [4.69, 9.17) is 0 Å². The molecule has 104 valence electrons. The quantitative estimate of drug-likeness (QED) is 0.856. The third-order valence-electron chi connectivity index (χ3n) is 2.86. The van der Waals surface area contributed by atoms with Gasteiger partial charge in [-0.25, -0.2) is 13.3 Å². The van der Waals surface area contributed by atoms with Gasteiger partial charge in [-0.15, -0.1) is 0 Å². The Bertz CT molecular complexity index is 612. The standard InChI is InChI=1S/C15H14F2N2O/c1-11-4-7-19(8-5-11)9-6-15(20)18-12-2-3-13(16)14(17)10-12/h2-5,7-8,10H,6,9H2,1H3/p+1. The van der Waals surface area contributed by atoms with E-state index in [0.717, 1.165) is 17.7 Å². The van der Waals surface area contributed by atoms with Crippen molar-refractivity contribution in [3.05, 3.63) is 59.9 Å². The summed E-state index contributed by atoms with van der Waals surface area (Å²) in [5.41, 5.74) is 1.40. The fraction of sp³-hybridized carbons (Fsp3) is 0.200. The molecule has 0 fully saturated rings. The van der Waals surface area contributed by atoms with Crippen LogP contribution in [0.5, 0.6) is 0 Å². The van der Waals surface area contributed by atoms with Crippen LogP contribution < -0.4 is 9.88 Å². The highest BCUT2D eigenvalue weighted by Crippen LogP contribution is 2.13. The maximum Gasteiger partial charge on any atom is 0.230 e. The van der Waals surface area contributed by atoms with Gasteiger partial charge in [-0.2, -0.15) is 0 Å². The molecule has 1 N–H and O–H groups in total. The van der Waals surface area contributed by atoms with Gasteiger partial charge in [0, 0.05) is 23.9 Å². The minimum Gasteiger partial charge on any atom is -0.326 e. The van der Waals surface area contributed by atoms with E-state index in [-0.39, 0.29) is 18.0 Å². The molecule has 1 heterocycles. The fourth-order valence-corrected chi connectivity index (χ4v) is 1.71. The summed E-state index contributed by atoms with van der Waals surface area (Å²) in [6, 6.07) is 7.18. The van der Waals surface area contributed by atoms with Gasteiger partial charge >= 0.3 is 0 Å². The number of aryl methyl sites for hydroxylation is 2. The van der Waals surface area contributed by atoms with Crippen LogP contribution in [0.3, 0.4) is 0 Å². The van der Waals surface area contributed by atoms with Gasteiger partial charge in [0.05, 0.1) is 6.42 Å². The van der Waals surface area contributed by atoms with E-state index in [1.165, 1.54) is 6.07 Å². The molecule has 0 radical (unpaired) electrons. The molecule has 0 atom stereocenters. The third kappa shape index (κ3) is 3.85. The molecule has 2 aromatic rings. The van der Waals surface area contributed by atoms with Crippen LogP contribution in [0.25, 0.3) is 0 Å². The maximum atomic E-state index is 13.0. The average molecular weight is 277 g/mol.